The highest BCUT2D eigenvalue weighted by atomic mass is 16.5. The maximum absolute atomic E-state index is 10.8. The fourth-order valence-electron chi connectivity index (χ4n) is 1.70. The zero-order valence-electron chi connectivity index (χ0n) is 7.84. The Labute approximate surface area is 81.1 Å². The second kappa shape index (κ2) is 4.28. The van der Waals surface area contributed by atoms with Gasteiger partial charge in [-0.1, -0.05) is 0 Å². The van der Waals surface area contributed by atoms with Crippen LogP contribution in [0, 0.1) is 0 Å². The number of methoxy groups -OCH3 is 1. The molecule has 1 unspecified atom stereocenters. The lowest BCUT2D eigenvalue weighted by Gasteiger charge is -2.36. The lowest BCUT2D eigenvalue weighted by atomic mass is 10.0. The number of piperidine rings is 1. The molecule has 0 aromatic heterocycles. The Kier molecular flexibility index (Phi) is 3.29. The highest BCUT2D eigenvalue weighted by Crippen LogP contribution is 2.23. The van der Waals surface area contributed by atoms with Gasteiger partial charge in [-0.05, 0) is 19.3 Å². The summed E-state index contributed by atoms with van der Waals surface area (Å²) < 4.78 is 4.93. The molecule has 6 nitrogen and oxygen atoms in total. The molecule has 2 atom stereocenters. The third-order valence-electron chi connectivity index (χ3n) is 2.35. The van der Waals surface area contributed by atoms with Crippen LogP contribution in [-0.2, 0) is 9.53 Å². The number of ether oxygens (including phenoxy) is 1. The van der Waals surface area contributed by atoms with Crippen LogP contribution in [0.4, 0.5) is 4.79 Å². The number of carboxylic acids is 1. The molecule has 80 valence electrons. The predicted molar refractivity (Wildman–Crippen MR) is 45.9 cm³/mol. The van der Waals surface area contributed by atoms with E-state index in [1.165, 1.54) is 7.11 Å². The topological polar surface area (TPSA) is 87.1 Å². The summed E-state index contributed by atoms with van der Waals surface area (Å²) in [7, 11) is 1.38. The smallest absolute Gasteiger partial charge is 0.410 e. The van der Waals surface area contributed by atoms with Crippen LogP contribution in [0.1, 0.15) is 19.3 Å². The molecule has 1 aliphatic rings. The molecule has 1 fully saturated rings. The highest BCUT2D eigenvalue weighted by Gasteiger charge is 2.38. The van der Waals surface area contributed by atoms with Gasteiger partial charge >= 0.3 is 12.1 Å². The Bertz CT molecular complexity index is 242. The average molecular weight is 203 g/mol. The molecule has 0 bridgehead atoms. The van der Waals surface area contributed by atoms with Crippen molar-refractivity contribution >= 4 is 12.1 Å². The van der Waals surface area contributed by atoms with E-state index in [1.807, 2.05) is 0 Å². The predicted octanol–water partition coefficient (Wildman–Crippen LogP) is 0.576. The van der Waals surface area contributed by atoms with E-state index in [0.717, 1.165) is 4.90 Å². The van der Waals surface area contributed by atoms with E-state index in [1.54, 1.807) is 0 Å². The van der Waals surface area contributed by atoms with Gasteiger partial charge in [-0.2, -0.15) is 0 Å². The normalized spacial score (nSPS) is 27.4. The Balaban J connectivity index is 2.83. The Hall–Kier alpha value is -1.30. The van der Waals surface area contributed by atoms with Gasteiger partial charge in [0.1, 0.15) is 12.3 Å². The zero-order valence-corrected chi connectivity index (χ0v) is 7.84. The summed E-state index contributed by atoms with van der Waals surface area (Å²) >= 11 is 0. The maximum atomic E-state index is 10.8. The van der Waals surface area contributed by atoms with E-state index in [0.29, 0.717) is 19.3 Å². The highest BCUT2D eigenvalue weighted by molar-refractivity contribution is 5.79. The molecule has 1 saturated heterocycles. The first kappa shape index (κ1) is 10.8. The largest absolute Gasteiger partial charge is 0.480 e. The average Bonchev–Trinajstić information content (AvgIpc) is 2.16. The van der Waals surface area contributed by atoms with Crippen molar-refractivity contribution in [1.82, 2.24) is 4.90 Å². The standard InChI is InChI=1S/C8H13NO5/c1-14-6-4-2-3-5(7(10)11)9(6)8(12)13/h5-6H,2-4H2,1H3,(H,10,11)(H,12,13)/t5?,6-/m1/s1. The van der Waals surface area contributed by atoms with Crippen molar-refractivity contribution in [2.24, 2.45) is 0 Å². The van der Waals surface area contributed by atoms with Crippen molar-refractivity contribution in [2.75, 3.05) is 7.11 Å². The molecule has 1 rings (SSSR count). The summed E-state index contributed by atoms with van der Waals surface area (Å²) in [6, 6.07) is -0.980. The molecule has 6 heteroatoms. The van der Waals surface area contributed by atoms with E-state index in [4.69, 9.17) is 14.9 Å². The fraction of sp³-hybridized carbons (Fsp3) is 0.750. The summed E-state index contributed by atoms with van der Waals surface area (Å²) in [5.41, 5.74) is 0. The molecule has 0 aromatic carbocycles. The molecule has 1 amide bonds. The SMILES string of the molecule is CO[C@@H]1CCCC(C(=O)O)N1C(=O)O. The number of rotatable bonds is 2. The lowest BCUT2D eigenvalue weighted by Crippen LogP contribution is -2.53. The molecule has 0 spiro atoms. The molecular weight excluding hydrogens is 190 g/mol. The fourth-order valence-corrected chi connectivity index (χ4v) is 1.70. The van der Waals surface area contributed by atoms with Gasteiger partial charge in [0, 0.05) is 7.11 Å². The van der Waals surface area contributed by atoms with Gasteiger partial charge < -0.3 is 14.9 Å². The number of likely N-dealkylation sites (tertiary alicyclic amines) is 1. The van der Waals surface area contributed by atoms with E-state index in [9.17, 15) is 9.59 Å². The Morgan fingerprint density at radius 3 is 2.43 bits per heavy atom. The van der Waals surface area contributed by atoms with Crippen LogP contribution in [0.15, 0.2) is 0 Å². The van der Waals surface area contributed by atoms with Crippen LogP contribution in [-0.4, -0.2) is 46.6 Å². The van der Waals surface area contributed by atoms with Crippen LogP contribution >= 0.6 is 0 Å². The molecule has 0 radical (unpaired) electrons. The van der Waals surface area contributed by atoms with Crippen molar-refractivity contribution in [3.63, 3.8) is 0 Å². The van der Waals surface area contributed by atoms with Gasteiger partial charge in [0.2, 0.25) is 0 Å². The summed E-state index contributed by atoms with van der Waals surface area (Å²) in [6.45, 7) is 0. The maximum Gasteiger partial charge on any atom is 0.410 e. The molecular formula is C8H13NO5. The van der Waals surface area contributed by atoms with Crippen LogP contribution in [0.2, 0.25) is 0 Å². The van der Waals surface area contributed by atoms with Crippen molar-refractivity contribution in [1.29, 1.82) is 0 Å². The van der Waals surface area contributed by atoms with Crippen LogP contribution < -0.4 is 0 Å². The summed E-state index contributed by atoms with van der Waals surface area (Å²) in [5, 5.41) is 17.7. The Morgan fingerprint density at radius 1 is 1.36 bits per heavy atom. The van der Waals surface area contributed by atoms with E-state index in [2.05, 4.69) is 0 Å². The zero-order chi connectivity index (χ0) is 10.7. The first-order chi connectivity index (χ1) is 6.57. The summed E-state index contributed by atoms with van der Waals surface area (Å²) in [4.78, 5) is 22.5. The number of carboxylic acid groups (broad SMARTS) is 2. The summed E-state index contributed by atoms with van der Waals surface area (Å²) in [6.07, 6.45) is -0.320. The monoisotopic (exact) mass is 203 g/mol. The second-order valence-corrected chi connectivity index (χ2v) is 3.17. The van der Waals surface area contributed by atoms with Gasteiger partial charge in [-0.3, -0.25) is 4.90 Å². The minimum absolute atomic E-state index is 0.349. The van der Waals surface area contributed by atoms with Gasteiger partial charge in [-0.25, -0.2) is 9.59 Å². The van der Waals surface area contributed by atoms with Crippen molar-refractivity contribution < 1.29 is 24.5 Å². The van der Waals surface area contributed by atoms with Crippen molar-refractivity contribution in [3.05, 3.63) is 0 Å². The summed E-state index contributed by atoms with van der Waals surface area (Å²) in [5.74, 6) is -1.12. The van der Waals surface area contributed by atoms with Crippen LogP contribution in [0.3, 0.4) is 0 Å². The van der Waals surface area contributed by atoms with E-state index >= 15 is 0 Å². The van der Waals surface area contributed by atoms with Gasteiger partial charge in [-0.15, -0.1) is 0 Å². The number of amides is 1. The number of nitrogens with zero attached hydrogens (tertiary/aromatic N) is 1. The number of hydrogen-bond donors (Lipinski definition) is 2. The number of carbonyl (C=O) groups is 2. The number of aliphatic carboxylic acids is 1. The molecule has 1 aliphatic heterocycles. The van der Waals surface area contributed by atoms with E-state index in [-0.39, 0.29) is 0 Å². The van der Waals surface area contributed by atoms with Gasteiger partial charge in [0.05, 0.1) is 0 Å². The van der Waals surface area contributed by atoms with Crippen molar-refractivity contribution in [3.8, 4) is 0 Å². The van der Waals surface area contributed by atoms with E-state index < -0.39 is 24.3 Å². The van der Waals surface area contributed by atoms with Crippen molar-refractivity contribution in [2.45, 2.75) is 31.5 Å². The minimum Gasteiger partial charge on any atom is -0.480 e. The Morgan fingerprint density at radius 2 is 2.00 bits per heavy atom. The molecule has 0 aliphatic carbocycles. The lowest BCUT2D eigenvalue weighted by molar-refractivity contribution is -0.151. The number of hydrogen-bond acceptors (Lipinski definition) is 3. The molecule has 0 saturated carbocycles. The third kappa shape index (κ3) is 1.95. The second-order valence-electron chi connectivity index (χ2n) is 3.17. The first-order valence-corrected chi connectivity index (χ1v) is 4.34. The molecule has 1 heterocycles. The van der Waals surface area contributed by atoms with Gasteiger partial charge in [0.25, 0.3) is 0 Å². The quantitative estimate of drug-likeness (QED) is 0.685. The minimum atomic E-state index is -1.25. The van der Waals surface area contributed by atoms with Gasteiger partial charge in [0.15, 0.2) is 0 Å². The third-order valence-corrected chi connectivity index (χ3v) is 2.35. The van der Waals surface area contributed by atoms with Crippen LogP contribution in [0.25, 0.3) is 0 Å². The molecule has 2 N–H and O–H groups in total. The van der Waals surface area contributed by atoms with Crippen LogP contribution in [0.5, 0.6) is 0 Å². The first-order valence-electron chi connectivity index (χ1n) is 4.34. The molecule has 14 heavy (non-hydrogen) atoms. The molecule has 0 aromatic rings.